The summed E-state index contributed by atoms with van der Waals surface area (Å²) in [5.41, 5.74) is 4.32. The number of hydrogen-bond donors (Lipinski definition) is 1. The number of carbonyl (C=O) groups is 1. The Hall–Kier alpha value is -2.35. The van der Waals surface area contributed by atoms with Gasteiger partial charge in [-0.1, -0.05) is 41.1 Å². The molecule has 1 N–H and O–H groups in total. The number of amides is 1. The van der Waals surface area contributed by atoms with Gasteiger partial charge in [-0.15, -0.1) is 0 Å². The fourth-order valence-electron chi connectivity index (χ4n) is 3.46. The first-order valence-corrected chi connectivity index (χ1v) is 11.2. The van der Waals surface area contributed by atoms with Crippen molar-refractivity contribution in [1.29, 1.82) is 0 Å². The Morgan fingerprint density at radius 2 is 1.90 bits per heavy atom. The maximum absolute atomic E-state index is 13.0. The van der Waals surface area contributed by atoms with Crippen molar-refractivity contribution in [3.8, 4) is 0 Å². The minimum atomic E-state index is -0.475. The van der Waals surface area contributed by atoms with Crippen LogP contribution in [-0.2, 0) is 16.1 Å². The van der Waals surface area contributed by atoms with E-state index in [2.05, 4.69) is 10.3 Å². The number of aromatic nitrogens is 2. The minimum absolute atomic E-state index is 0.154. The van der Waals surface area contributed by atoms with Gasteiger partial charge in [-0.05, 0) is 57.0 Å². The van der Waals surface area contributed by atoms with Crippen LogP contribution in [0.15, 0.2) is 40.3 Å². The summed E-state index contributed by atoms with van der Waals surface area (Å²) in [6, 6.07) is 9.08. The van der Waals surface area contributed by atoms with Crippen LogP contribution in [-0.4, -0.2) is 34.4 Å². The van der Waals surface area contributed by atoms with E-state index in [9.17, 15) is 9.59 Å². The Balaban J connectivity index is 1.92. The molecule has 1 heterocycles. The summed E-state index contributed by atoms with van der Waals surface area (Å²) in [5, 5.41) is 3.99. The molecule has 0 fully saturated rings. The predicted octanol–water partition coefficient (Wildman–Crippen LogP) is 4.74. The fraction of sp³-hybridized carbons (Fsp3) is 0.348. The maximum Gasteiger partial charge on any atom is 0.262 e. The zero-order chi connectivity index (χ0) is 22.7. The van der Waals surface area contributed by atoms with Crippen molar-refractivity contribution in [2.45, 2.75) is 44.6 Å². The molecular formula is C23H26ClN3O3S. The third kappa shape index (κ3) is 5.29. The van der Waals surface area contributed by atoms with Gasteiger partial charge in [0.1, 0.15) is 0 Å². The number of methoxy groups -OCH3 is 1. The predicted molar refractivity (Wildman–Crippen MR) is 127 cm³/mol. The number of hydrogen-bond acceptors (Lipinski definition) is 5. The van der Waals surface area contributed by atoms with E-state index in [1.807, 2.05) is 32.9 Å². The van der Waals surface area contributed by atoms with Crippen LogP contribution in [0.1, 0.15) is 23.6 Å². The lowest BCUT2D eigenvalue weighted by Crippen LogP contribution is -2.28. The molecule has 164 valence electrons. The van der Waals surface area contributed by atoms with Gasteiger partial charge in [0, 0.05) is 17.8 Å². The van der Waals surface area contributed by atoms with Crippen molar-refractivity contribution < 1.29 is 9.53 Å². The Bertz CT molecular complexity index is 1170. The number of carbonyl (C=O) groups excluding carboxylic acids is 1. The molecule has 2 aromatic carbocycles. The molecule has 0 spiro atoms. The molecule has 0 bridgehead atoms. The minimum Gasteiger partial charge on any atom is -0.383 e. The van der Waals surface area contributed by atoms with Gasteiger partial charge in [-0.3, -0.25) is 14.2 Å². The third-order valence-electron chi connectivity index (χ3n) is 4.98. The molecule has 1 atom stereocenters. The Labute approximate surface area is 191 Å². The molecule has 1 unspecified atom stereocenters. The van der Waals surface area contributed by atoms with Crippen LogP contribution in [0.2, 0.25) is 5.02 Å². The van der Waals surface area contributed by atoms with Gasteiger partial charge in [-0.2, -0.15) is 0 Å². The van der Waals surface area contributed by atoms with Gasteiger partial charge in [0.05, 0.1) is 29.3 Å². The smallest absolute Gasteiger partial charge is 0.262 e. The number of nitrogens with one attached hydrogen (secondary N) is 1. The fourth-order valence-corrected chi connectivity index (χ4v) is 4.56. The van der Waals surface area contributed by atoms with Crippen LogP contribution in [0.5, 0.6) is 0 Å². The molecule has 0 radical (unpaired) electrons. The van der Waals surface area contributed by atoms with E-state index in [1.54, 1.807) is 36.8 Å². The molecule has 31 heavy (non-hydrogen) atoms. The molecular weight excluding hydrogens is 434 g/mol. The molecule has 3 aromatic rings. The van der Waals surface area contributed by atoms with Crippen LogP contribution < -0.4 is 10.9 Å². The molecule has 0 aliphatic carbocycles. The quantitative estimate of drug-likeness (QED) is 0.408. The first-order chi connectivity index (χ1) is 14.7. The van der Waals surface area contributed by atoms with E-state index in [4.69, 9.17) is 16.3 Å². The molecule has 3 rings (SSSR count). The summed E-state index contributed by atoms with van der Waals surface area (Å²) in [6.07, 6.45) is 0. The van der Waals surface area contributed by atoms with Gasteiger partial charge in [0.15, 0.2) is 5.16 Å². The normalized spacial score (nSPS) is 12.2. The molecule has 8 heteroatoms. The average Bonchev–Trinajstić information content (AvgIpc) is 2.70. The number of ether oxygens (including phenoxy) is 1. The lowest BCUT2D eigenvalue weighted by atomic mass is 10.1. The standard InChI is InChI=1S/C23H26ClN3O3S/c1-13-10-14(2)20(15(3)11-13)26-21(28)16(4)31-23-25-19-12-17(24)6-7-18(19)22(29)27(23)8-9-30-5/h6-7,10-12,16H,8-9H2,1-5H3,(H,26,28). The summed E-state index contributed by atoms with van der Waals surface area (Å²) in [4.78, 5) is 30.6. The molecule has 0 saturated carbocycles. The second-order valence-corrected chi connectivity index (χ2v) is 9.27. The maximum atomic E-state index is 13.0. The van der Waals surface area contributed by atoms with Crippen LogP contribution in [0.4, 0.5) is 5.69 Å². The van der Waals surface area contributed by atoms with Gasteiger partial charge in [0.25, 0.3) is 5.56 Å². The van der Waals surface area contributed by atoms with E-state index in [-0.39, 0.29) is 11.5 Å². The van der Waals surface area contributed by atoms with E-state index >= 15 is 0 Å². The van der Waals surface area contributed by atoms with E-state index in [0.29, 0.717) is 34.2 Å². The zero-order valence-corrected chi connectivity index (χ0v) is 19.9. The van der Waals surface area contributed by atoms with Gasteiger partial charge >= 0.3 is 0 Å². The molecule has 6 nitrogen and oxygen atoms in total. The van der Waals surface area contributed by atoms with Gasteiger partial charge in [0.2, 0.25) is 5.91 Å². The lowest BCUT2D eigenvalue weighted by Gasteiger charge is -2.18. The van der Waals surface area contributed by atoms with Crippen molar-refractivity contribution in [3.63, 3.8) is 0 Å². The third-order valence-corrected chi connectivity index (χ3v) is 6.30. The topological polar surface area (TPSA) is 73.2 Å². The number of anilines is 1. The summed E-state index contributed by atoms with van der Waals surface area (Å²) in [6.45, 7) is 8.48. The summed E-state index contributed by atoms with van der Waals surface area (Å²) >= 11 is 7.33. The van der Waals surface area contributed by atoms with Crippen molar-refractivity contribution in [3.05, 3.63) is 62.4 Å². The van der Waals surface area contributed by atoms with Crippen molar-refractivity contribution in [2.75, 3.05) is 19.0 Å². The number of benzene rings is 2. The highest BCUT2D eigenvalue weighted by atomic mass is 35.5. The van der Waals surface area contributed by atoms with Crippen molar-refractivity contribution in [1.82, 2.24) is 9.55 Å². The number of fused-ring (bicyclic) bond motifs is 1. The second kappa shape index (κ2) is 9.85. The summed E-state index contributed by atoms with van der Waals surface area (Å²) in [7, 11) is 1.58. The van der Waals surface area contributed by atoms with Crippen LogP contribution in [0.25, 0.3) is 10.9 Å². The first-order valence-electron chi connectivity index (χ1n) is 9.95. The van der Waals surface area contributed by atoms with Crippen molar-refractivity contribution in [2.24, 2.45) is 0 Å². The number of thioether (sulfide) groups is 1. The number of halogens is 1. The highest BCUT2D eigenvalue weighted by Gasteiger charge is 2.21. The highest BCUT2D eigenvalue weighted by Crippen LogP contribution is 2.27. The Kier molecular flexibility index (Phi) is 7.41. The summed E-state index contributed by atoms with van der Waals surface area (Å²) < 4.78 is 6.71. The number of nitrogens with zero attached hydrogens (tertiary/aromatic N) is 2. The van der Waals surface area contributed by atoms with E-state index < -0.39 is 5.25 Å². The van der Waals surface area contributed by atoms with Gasteiger partial charge < -0.3 is 10.1 Å². The molecule has 0 saturated heterocycles. The molecule has 0 aliphatic heterocycles. The Morgan fingerprint density at radius 3 is 2.55 bits per heavy atom. The lowest BCUT2D eigenvalue weighted by molar-refractivity contribution is -0.115. The zero-order valence-electron chi connectivity index (χ0n) is 18.3. The Morgan fingerprint density at radius 1 is 1.23 bits per heavy atom. The van der Waals surface area contributed by atoms with Gasteiger partial charge in [-0.25, -0.2) is 4.98 Å². The average molecular weight is 460 g/mol. The largest absolute Gasteiger partial charge is 0.383 e. The number of rotatable bonds is 7. The van der Waals surface area contributed by atoms with Crippen molar-refractivity contribution >= 4 is 45.9 Å². The van der Waals surface area contributed by atoms with Crippen LogP contribution >= 0.6 is 23.4 Å². The second-order valence-electron chi connectivity index (χ2n) is 7.53. The summed E-state index contributed by atoms with van der Waals surface area (Å²) in [5.74, 6) is -0.154. The molecule has 0 aliphatic rings. The highest BCUT2D eigenvalue weighted by molar-refractivity contribution is 8.00. The van der Waals surface area contributed by atoms with Crippen LogP contribution in [0.3, 0.4) is 0 Å². The number of aryl methyl sites for hydroxylation is 3. The monoisotopic (exact) mass is 459 g/mol. The molecule has 1 amide bonds. The SMILES string of the molecule is COCCn1c(SC(C)C(=O)Nc2c(C)cc(C)cc2C)nc2cc(Cl)ccc2c1=O. The first kappa shape index (κ1) is 23.3. The molecule has 1 aromatic heterocycles. The van der Waals surface area contributed by atoms with E-state index in [1.165, 1.54) is 11.8 Å². The van der Waals surface area contributed by atoms with Crippen LogP contribution in [0, 0.1) is 20.8 Å². The van der Waals surface area contributed by atoms with E-state index in [0.717, 1.165) is 22.4 Å².